The third-order valence-electron chi connectivity index (χ3n) is 4.88. The van der Waals surface area contributed by atoms with Crippen molar-refractivity contribution >= 4 is 39.1 Å². The maximum atomic E-state index is 12.8. The number of halogens is 2. The average molecular weight is 405 g/mol. The molecule has 5 nitrogen and oxygen atoms in total. The van der Waals surface area contributed by atoms with Crippen molar-refractivity contribution in [3.8, 4) is 0 Å². The summed E-state index contributed by atoms with van der Waals surface area (Å²) in [5.41, 5.74) is 0.599. The molecule has 138 valence electrons. The fraction of sp³-hybridized carbons (Fsp3) is 0.588. The molecule has 8 heteroatoms. The molecule has 2 saturated heterocycles. The van der Waals surface area contributed by atoms with Gasteiger partial charge in [-0.15, -0.1) is 0 Å². The summed E-state index contributed by atoms with van der Waals surface area (Å²) in [5.74, 6) is -0.253. The van der Waals surface area contributed by atoms with Gasteiger partial charge in [-0.3, -0.25) is 4.79 Å². The minimum absolute atomic E-state index is 0.104. The molecule has 1 unspecified atom stereocenters. The number of likely N-dealkylation sites (tertiary alicyclic amines) is 1. The first-order chi connectivity index (χ1) is 11.9. The lowest BCUT2D eigenvalue weighted by atomic mass is 9.98. The fourth-order valence-electron chi connectivity index (χ4n) is 3.52. The van der Waals surface area contributed by atoms with E-state index < -0.39 is 10.0 Å². The van der Waals surface area contributed by atoms with Gasteiger partial charge in [0.15, 0.2) is 0 Å². The van der Waals surface area contributed by atoms with Gasteiger partial charge in [0.25, 0.3) is 0 Å². The van der Waals surface area contributed by atoms with Gasteiger partial charge < -0.3 is 4.90 Å². The molecule has 0 aliphatic carbocycles. The second-order valence-corrected chi connectivity index (χ2v) is 9.52. The summed E-state index contributed by atoms with van der Waals surface area (Å²) in [6, 6.07) is 4.85. The minimum Gasteiger partial charge on any atom is -0.342 e. The normalized spacial score (nSPS) is 22.3. The van der Waals surface area contributed by atoms with E-state index in [0.717, 1.165) is 32.4 Å². The summed E-state index contributed by atoms with van der Waals surface area (Å²) in [5, 5.41) is 0.743. The number of carbonyl (C=O) groups excluding carboxylic acids is 1. The van der Waals surface area contributed by atoms with Crippen molar-refractivity contribution in [2.75, 3.05) is 26.2 Å². The number of sulfonamides is 1. The van der Waals surface area contributed by atoms with Crippen molar-refractivity contribution in [3.63, 3.8) is 0 Å². The predicted octanol–water partition coefficient (Wildman–Crippen LogP) is 3.16. The number of hydrogen-bond donors (Lipinski definition) is 0. The highest BCUT2D eigenvalue weighted by Crippen LogP contribution is 2.27. The van der Waals surface area contributed by atoms with Crippen molar-refractivity contribution < 1.29 is 13.2 Å². The van der Waals surface area contributed by atoms with Gasteiger partial charge in [0, 0.05) is 26.2 Å². The van der Waals surface area contributed by atoms with E-state index in [0.29, 0.717) is 28.6 Å². The van der Waals surface area contributed by atoms with Crippen LogP contribution in [-0.4, -0.2) is 49.7 Å². The summed E-state index contributed by atoms with van der Waals surface area (Å²) < 4.78 is 27.0. The first kappa shape index (κ1) is 19.0. The second kappa shape index (κ2) is 7.82. The Morgan fingerprint density at radius 1 is 1.08 bits per heavy atom. The van der Waals surface area contributed by atoms with E-state index in [1.807, 2.05) is 4.90 Å². The molecule has 1 aromatic carbocycles. The Balaban J connectivity index is 1.68. The van der Waals surface area contributed by atoms with E-state index in [9.17, 15) is 13.2 Å². The van der Waals surface area contributed by atoms with Crippen LogP contribution in [0, 0.1) is 5.92 Å². The van der Waals surface area contributed by atoms with E-state index in [4.69, 9.17) is 23.2 Å². The van der Waals surface area contributed by atoms with Crippen LogP contribution in [0.25, 0.3) is 0 Å². The molecule has 0 N–H and O–H groups in total. The summed E-state index contributed by atoms with van der Waals surface area (Å²) in [7, 11) is -3.50. The third-order valence-corrected chi connectivity index (χ3v) is 7.43. The Kier molecular flexibility index (Phi) is 5.93. The van der Waals surface area contributed by atoms with E-state index in [1.165, 1.54) is 4.31 Å². The summed E-state index contributed by atoms with van der Waals surface area (Å²) in [6.07, 6.45) is 3.55. The van der Waals surface area contributed by atoms with E-state index in [-0.39, 0.29) is 24.1 Å². The zero-order chi connectivity index (χ0) is 18.0. The quantitative estimate of drug-likeness (QED) is 0.773. The lowest BCUT2D eigenvalue weighted by molar-refractivity contribution is -0.135. The van der Waals surface area contributed by atoms with Crippen molar-refractivity contribution in [1.29, 1.82) is 0 Å². The summed E-state index contributed by atoms with van der Waals surface area (Å²) >= 11 is 11.9. The van der Waals surface area contributed by atoms with Gasteiger partial charge in [-0.05, 0) is 43.4 Å². The molecular formula is C17H22Cl2N2O3S. The SMILES string of the molecule is O=C(C1CCCN(S(=O)(=O)Cc2ccc(Cl)c(Cl)c2)C1)N1CCCC1. The maximum absolute atomic E-state index is 12.8. The number of hydrogen-bond acceptors (Lipinski definition) is 3. The van der Waals surface area contributed by atoms with E-state index >= 15 is 0 Å². The number of rotatable bonds is 4. The standard InChI is InChI=1S/C17H22Cl2N2O3S/c18-15-6-5-13(10-16(15)19)12-25(23,24)21-9-3-4-14(11-21)17(22)20-7-1-2-8-20/h5-6,10,14H,1-4,7-9,11-12H2. The monoisotopic (exact) mass is 404 g/mol. The van der Waals surface area contributed by atoms with Crippen LogP contribution in [0.15, 0.2) is 18.2 Å². The second-order valence-electron chi connectivity index (χ2n) is 6.73. The van der Waals surface area contributed by atoms with Crippen molar-refractivity contribution in [2.24, 2.45) is 5.92 Å². The fourth-order valence-corrected chi connectivity index (χ4v) is 5.44. The smallest absolute Gasteiger partial charge is 0.227 e. The van der Waals surface area contributed by atoms with Crippen LogP contribution in [0.2, 0.25) is 10.0 Å². The Labute approximate surface area is 158 Å². The molecule has 2 fully saturated rings. The molecule has 0 bridgehead atoms. The highest BCUT2D eigenvalue weighted by Gasteiger charge is 2.34. The van der Waals surface area contributed by atoms with Crippen LogP contribution < -0.4 is 0 Å². The highest BCUT2D eigenvalue weighted by molar-refractivity contribution is 7.88. The Morgan fingerprint density at radius 3 is 2.48 bits per heavy atom. The molecule has 1 amide bonds. The van der Waals surface area contributed by atoms with Gasteiger partial charge >= 0.3 is 0 Å². The molecule has 0 spiro atoms. The molecule has 1 atom stereocenters. The lowest BCUT2D eigenvalue weighted by Crippen LogP contribution is -2.46. The molecule has 0 radical (unpaired) electrons. The minimum atomic E-state index is -3.50. The number of benzene rings is 1. The molecule has 2 aliphatic heterocycles. The molecule has 25 heavy (non-hydrogen) atoms. The van der Waals surface area contributed by atoms with Gasteiger partial charge in [-0.1, -0.05) is 29.3 Å². The van der Waals surface area contributed by atoms with E-state index in [2.05, 4.69) is 0 Å². The van der Waals surface area contributed by atoms with Gasteiger partial charge in [0.1, 0.15) is 0 Å². The lowest BCUT2D eigenvalue weighted by Gasteiger charge is -2.33. The maximum Gasteiger partial charge on any atom is 0.227 e. The highest BCUT2D eigenvalue weighted by atomic mass is 35.5. The van der Waals surface area contributed by atoms with Crippen molar-refractivity contribution in [1.82, 2.24) is 9.21 Å². The van der Waals surface area contributed by atoms with Crippen LogP contribution in [0.4, 0.5) is 0 Å². The van der Waals surface area contributed by atoms with Gasteiger partial charge in [0.2, 0.25) is 15.9 Å². The Bertz CT molecular complexity index is 748. The summed E-state index contributed by atoms with van der Waals surface area (Å²) in [6.45, 7) is 2.34. The zero-order valence-electron chi connectivity index (χ0n) is 14.0. The van der Waals surface area contributed by atoms with Crippen molar-refractivity contribution in [2.45, 2.75) is 31.4 Å². The molecule has 3 rings (SSSR count). The number of amides is 1. The topological polar surface area (TPSA) is 57.7 Å². The van der Waals surface area contributed by atoms with Crippen LogP contribution in [-0.2, 0) is 20.6 Å². The van der Waals surface area contributed by atoms with Gasteiger partial charge in [0.05, 0.1) is 21.7 Å². The molecule has 0 saturated carbocycles. The first-order valence-electron chi connectivity index (χ1n) is 8.57. The number of piperidine rings is 1. The van der Waals surface area contributed by atoms with Crippen molar-refractivity contribution in [3.05, 3.63) is 33.8 Å². The van der Waals surface area contributed by atoms with Crippen LogP contribution >= 0.6 is 23.2 Å². The Hall–Kier alpha value is -0.820. The van der Waals surface area contributed by atoms with E-state index in [1.54, 1.807) is 18.2 Å². The first-order valence-corrected chi connectivity index (χ1v) is 10.9. The summed E-state index contributed by atoms with van der Waals surface area (Å²) in [4.78, 5) is 14.5. The van der Waals surface area contributed by atoms with Crippen LogP contribution in [0.1, 0.15) is 31.2 Å². The predicted molar refractivity (Wildman–Crippen MR) is 99.2 cm³/mol. The Morgan fingerprint density at radius 2 is 1.80 bits per heavy atom. The molecular weight excluding hydrogens is 383 g/mol. The molecule has 1 aromatic rings. The average Bonchev–Trinajstić information content (AvgIpc) is 3.12. The molecule has 0 aromatic heterocycles. The molecule has 2 heterocycles. The van der Waals surface area contributed by atoms with Crippen LogP contribution in [0.3, 0.4) is 0 Å². The third kappa shape index (κ3) is 4.48. The van der Waals surface area contributed by atoms with Gasteiger partial charge in [-0.25, -0.2) is 12.7 Å². The largest absolute Gasteiger partial charge is 0.342 e. The molecule has 2 aliphatic rings. The number of nitrogens with zero attached hydrogens (tertiary/aromatic N) is 2. The zero-order valence-corrected chi connectivity index (χ0v) is 16.3. The number of carbonyl (C=O) groups is 1. The van der Waals surface area contributed by atoms with Gasteiger partial charge in [-0.2, -0.15) is 0 Å². The van der Waals surface area contributed by atoms with Crippen LogP contribution in [0.5, 0.6) is 0 Å².